The molecule has 0 aliphatic heterocycles. The van der Waals surface area contributed by atoms with Gasteiger partial charge in [0.15, 0.2) is 5.82 Å². The SMILES string of the molecule is CC(C(=O)NCCc1noc(C(N)=O)n1)C(C)(C)C. The average molecular weight is 268 g/mol. The number of carbonyl (C=O) groups is 2. The Morgan fingerprint density at radius 3 is 2.53 bits per heavy atom. The lowest BCUT2D eigenvalue weighted by Crippen LogP contribution is -2.37. The molecule has 2 amide bonds. The lowest BCUT2D eigenvalue weighted by atomic mass is 9.81. The summed E-state index contributed by atoms with van der Waals surface area (Å²) in [4.78, 5) is 26.4. The molecule has 7 nitrogen and oxygen atoms in total. The highest BCUT2D eigenvalue weighted by Gasteiger charge is 2.26. The number of hydrogen-bond acceptors (Lipinski definition) is 5. The fourth-order valence-electron chi connectivity index (χ4n) is 1.30. The smallest absolute Gasteiger partial charge is 0.315 e. The Kier molecular flexibility index (Phi) is 4.63. The molecule has 7 heteroatoms. The van der Waals surface area contributed by atoms with Crippen molar-refractivity contribution in [3.05, 3.63) is 11.7 Å². The first-order chi connectivity index (χ1) is 8.71. The Hall–Kier alpha value is -1.92. The maximum absolute atomic E-state index is 11.8. The number of hydrogen-bond donors (Lipinski definition) is 2. The van der Waals surface area contributed by atoms with E-state index in [1.807, 2.05) is 27.7 Å². The van der Waals surface area contributed by atoms with Crippen molar-refractivity contribution in [2.24, 2.45) is 17.1 Å². The van der Waals surface area contributed by atoms with Gasteiger partial charge in [-0.3, -0.25) is 9.59 Å². The zero-order chi connectivity index (χ0) is 14.6. The zero-order valence-corrected chi connectivity index (χ0v) is 11.7. The van der Waals surface area contributed by atoms with Gasteiger partial charge in [0.1, 0.15) is 0 Å². The van der Waals surface area contributed by atoms with Gasteiger partial charge in [-0.1, -0.05) is 32.9 Å². The van der Waals surface area contributed by atoms with Crippen LogP contribution < -0.4 is 11.1 Å². The Morgan fingerprint density at radius 1 is 1.42 bits per heavy atom. The third kappa shape index (κ3) is 4.35. The maximum atomic E-state index is 11.8. The van der Waals surface area contributed by atoms with Crippen molar-refractivity contribution in [3.63, 3.8) is 0 Å². The molecule has 1 atom stereocenters. The number of nitrogens with zero attached hydrogens (tertiary/aromatic N) is 2. The van der Waals surface area contributed by atoms with E-state index in [-0.39, 0.29) is 23.1 Å². The van der Waals surface area contributed by atoms with Crippen molar-refractivity contribution >= 4 is 11.8 Å². The van der Waals surface area contributed by atoms with Gasteiger partial charge in [-0.05, 0) is 5.41 Å². The van der Waals surface area contributed by atoms with Crippen molar-refractivity contribution in [1.82, 2.24) is 15.5 Å². The fraction of sp³-hybridized carbons (Fsp3) is 0.667. The molecule has 1 aromatic heterocycles. The summed E-state index contributed by atoms with van der Waals surface area (Å²) in [6, 6.07) is 0. The normalized spacial score (nSPS) is 13.1. The van der Waals surface area contributed by atoms with Gasteiger partial charge in [0, 0.05) is 18.9 Å². The van der Waals surface area contributed by atoms with Gasteiger partial charge in [-0.15, -0.1) is 0 Å². The van der Waals surface area contributed by atoms with Crippen LogP contribution in [-0.4, -0.2) is 28.5 Å². The summed E-state index contributed by atoms with van der Waals surface area (Å²) in [5, 5.41) is 6.39. The Bertz CT molecular complexity index is 462. The van der Waals surface area contributed by atoms with Crippen molar-refractivity contribution in [3.8, 4) is 0 Å². The Balaban J connectivity index is 2.42. The minimum Gasteiger partial charge on any atom is -0.361 e. The average Bonchev–Trinajstić information content (AvgIpc) is 2.75. The first-order valence-electron chi connectivity index (χ1n) is 6.12. The molecule has 3 N–H and O–H groups in total. The molecule has 1 rings (SSSR count). The first-order valence-corrected chi connectivity index (χ1v) is 6.12. The maximum Gasteiger partial charge on any atom is 0.315 e. The van der Waals surface area contributed by atoms with Gasteiger partial charge < -0.3 is 15.6 Å². The first kappa shape index (κ1) is 15.1. The molecular weight excluding hydrogens is 248 g/mol. The number of nitrogens with two attached hydrogens (primary N) is 1. The molecule has 0 fully saturated rings. The standard InChI is InChI=1S/C12H20N4O3/c1-7(12(2,3)4)10(18)14-6-5-8-15-11(9(13)17)19-16-8/h7H,5-6H2,1-4H3,(H2,13,17)(H,14,18). The molecule has 19 heavy (non-hydrogen) atoms. The van der Waals surface area contributed by atoms with E-state index in [1.165, 1.54) is 0 Å². The lowest BCUT2D eigenvalue weighted by Gasteiger charge is -2.25. The number of rotatable bonds is 5. The van der Waals surface area contributed by atoms with Crippen LogP contribution in [0.5, 0.6) is 0 Å². The van der Waals surface area contributed by atoms with E-state index in [2.05, 4.69) is 20.0 Å². The van der Waals surface area contributed by atoms with Gasteiger partial charge in [0.05, 0.1) is 0 Å². The summed E-state index contributed by atoms with van der Waals surface area (Å²) in [6.45, 7) is 8.30. The van der Waals surface area contributed by atoms with Crippen LogP contribution in [0.3, 0.4) is 0 Å². The molecule has 0 aliphatic carbocycles. The minimum absolute atomic E-state index is 0.0221. The van der Waals surface area contributed by atoms with Gasteiger partial charge in [-0.2, -0.15) is 4.98 Å². The highest BCUT2D eigenvalue weighted by molar-refractivity contribution is 5.87. The van der Waals surface area contributed by atoms with Crippen molar-refractivity contribution in [1.29, 1.82) is 0 Å². The van der Waals surface area contributed by atoms with Gasteiger partial charge in [-0.25, -0.2) is 0 Å². The molecule has 0 spiro atoms. The van der Waals surface area contributed by atoms with E-state index in [1.54, 1.807) is 0 Å². The second kappa shape index (κ2) is 5.81. The van der Waals surface area contributed by atoms with Crippen LogP contribution in [0, 0.1) is 11.3 Å². The molecule has 1 heterocycles. The molecule has 0 saturated carbocycles. The van der Waals surface area contributed by atoms with Crippen LogP contribution in [0.15, 0.2) is 4.52 Å². The predicted molar refractivity (Wildman–Crippen MR) is 68.1 cm³/mol. The zero-order valence-electron chi connectivity index (χ0n) is 11.7. The second-order valence-electron chi connectivity index (χ2n) is 5.51. The van der Waals surface area contributed by atoms with E-state index in [0.717, 1.165) is 0 Å². The predicted octanol–water partition coefficient (Wildman–Crippen LogP) is 0.509. The van der Waals surface area contributed by atoms with Crippen molar-refractivity contribution < 1.29 is 14.1 Å². The number of amides is 2. The Labute approximate surface area is 111 Å². The number of aromatic nitrogens is 2. The van der Waals surface area contributed by atoms with Crippen molar-refractivity contribution in [2.75, 3.05) is 6.54 Å². The molecule has 0 bridgehead atoms. The van der Waals surface area contributed by atoms with E-state index < -0.39 is 5.91 Å². The van der Waals surface area contributed by atoms with Crippen LogP contribution in [0.4, 0.5) is 0 Å². The number of nitrogens with one attached hydrogen (secondary N) is 1. The topological polar surface area (TPSA) is 111 Å². The van der Waals surface area contributed by atoms with Gasteiger partial charge in [0.2, 0.25) is 5.91 Å². The quantitative estimate of drug-likeness (QED) is 0.808. The highest BCUT2D eigenvalue weighted by Crippen LogP contribution is 2.25. The van der Waals surface area contributed by atoms with Crippen LogP contribution in [0.25, 0.3) is 0 Å². The van der Waals surface area contributed by atoms with Gasteiger partial charge in [0.25, 0.3) is 0 Å². The molecule has 1 unspecified atom stereocenters. The largest absolute Gasteiger partial charge is 0.361 e. The summed E-state index contributed by atoms with van der Waals surface area (Å²) in [6.07, 6.45) is 0.388. The molecule has 0 aliphatic rings. The summed E-state index contributed by atoms with van der Waals surface area (Å²) >= 11 is 0. The number of primary amides is 1. The lowest BCUT2D eigenvalue weighted by molar-refractivity contribution is -0.127. The van der Waals surface area contributed by atoms with E-state index in [0.29, 0.717) is 18.8 Å². The fourth-order valence-corrected chi connectivity index (χ4v) is 1.30. The van der Waals surface area contributed by atoms with E-state index in [4.69, 9.17) is 5.73 Å². The summed E-state index contributed by atoms with van der Waals surface area (Å²) in [5.41, 5.74) is 4.90. The monoisotopic (exact) mass is 268 g/mol. The van der Waals surface area contributed by atoms with Crippen molar-refractivity contribution in [2.45, 2.75) is 34.1 Å². The summed E-state index contributed by atoms with van der Waals surface area (Å²) in [5.74, 6) is -0.754. The number of carbonyl (C=O) groups excluding carboxylic acids is 2. The minimum atomic E-state index is -0.760. The molecule has 0 saturated heterocycles. The molecule has 0 radical (unpaired) electrons. The van der Waals surface area contributed by atoms with Crippen LogP contribution in [-0.2, 0) is 11.2 Å². The third-order valence-electron chi connectivity index (χ3n) is 3.02. The highest BCUT2D eigenvalue weighted by atomic mass is 16.5. The second-order valence-corrected chi connectivity index (χ2v) is 5.51. The molecule has 106 valence electrons. The molecule has 0 aromatic carbocycles. The summed E-state index contributed by atoms with van der Waals surface area (Å²) in [7, 11) is 0. The van der Waals surface area contributed by atoms with Crippen LogP contribution in [0.1, 0.15) is 44.2 Å². The molecule has 1 aromatic rings. The van der Waals surface area contributed by atoms with Gasteiger partial charge >= 0.3 is 11.8 Å². The summed E-state index contributed by atoms with van der Waals surface area (Å²) < 4.78 is 4.64. The van der Waals surface area contributed by atoms with Crippen LogP contribution >= 0.6 is 0 Å². The van der Waals surface area contributed by atoms with Crippen LogP contribution in [0.2, 0.25) is 0 Å². The molecular formula is C12H20N4O3. The Morgan fingerprint density at radius 2 is 2.05 bits per heavy atom. The van der Waals surface area contributed by atoms with E-state index >= 15 is 0 Å². The third-order valence-corrected chi connectivity index (χ3v) is 3.02. The van der Waals surface area contributed by atoms with E-state index in [9.17, 15) is 9.59 Å².